The summed E-state index contributed by atoms with van der Waals surface area (Å²) < 4.78 is 28.9. The summed E-state index contributed by atoms with van der Waals surface area (Å²) >= 11 is 0. The lowest BCUT2D eigenvalue weighted by Crippen LogP contribution is -2.55. The molecule has 2 rings (SSSR count). The Hall–Kier alpha value is -1.60. The van der Waals surface area contributed by atoms with Crippen LogP contribution in [0, 0.1) is 0 Å². The summed E-state index contributed by atoms with van der Waals surface area (Å²) in [6.07, 6.45) is 0.120. The molecule has 0 spiro atoms. The van der Waals surface area contributed by atoms with Crippen molar-refractivity contribution in [3.8, 4) is 0 Å². The number of carbonyl (C=O) groups is 1. The van der Waals surface area contributed by atoms with Gasteiger partial charge in [-0.1, -0.05) is 12.1 Å². The molecule has 122 valence electrons. The van der Waals surface area contributed by atoms with Gasteiger partial charge in [0.1, 0.15) is 0 Å². The van der Waals surface area contributed by atoms with Gasteiger partial charge in [-0.3, -0.25) is 0 Å². The van der Waals surface area contributed by atoms with Crippen molar-refractivity contribution in [1.82, 2.24) is 4.90 Å². The summed E-state index contributed by atoms with van der Waals surface area (Å²) in [6, 6.07) is 6.72. The molecule has 1 aliphatic heterocycles. The van der Waals surface area contributed by atoms with E-state index in [1.165, 1.54) is 0 Å². The largest absolute Gasteiger partial charge is 0.378 e. The summed E-state index contributed by atoms with van der Waals surface area (Å²) in [4.78, 5) is 13.6. The molecule has 7 heteroatoms. The number of ether oxygens (including phenoxy) is 1. The Bertz CT molecular complexity index is 619. The molecule has 1 aromatic rings. The van der Waals surface area contributed by atoms with Gasteiger partial charge in [-0.15, -0.1) is 0 Å². The highest BCUT2D eigenvalue weighted by Crippen LogP contribution is 2.17. The molecule has 6 nitrogen and oxygen atoms in total. The fourth-order valence-corrected chi connectivity index (χ4v) is 3.03. The first-order valence-corrected chi connectivity index (χ1v) is 8.92. The van der Waals surface area contributed by atoms with Crippen LogP contribution in [0.1, 0.15) is 19.4 Å². The first kappa shape index (κ1) is 16.8. The van der Waals surface area contributed by atoms with E-state index in [0.717, 1.165) is 5.56 Å². The van der Waals surface area contributed by atoms with E-state index >= 15 is 0 Å². The third-order valence-corrected chi connectivity index (χ3v) is 5.93. The van der Waals surface area contributed by atoms with Gasteiger partial charge in [-0.2, -0.15) is 0 Å². The third-order valence-electron chi connectivity index (χ3n) is 3.76. The third kappa shape index (κ3) is 3.98. The summed E-state index contributed by atoms with van der Waals surface area (Å²) in [6.45, 7) is 4.52. The van der Waals surface area contributed by atoms with E-state index in [4.69, 9.17) is 4.74 Å². The normalized spacial score (nSPS) is 15.7. The van der Waals surface area contributed by atoms with Gasteiger partial charge < -0.3 is 15.0 Å². The van der Waals surface area contributed by atoms with Crippen molar-refractivity contribution in [2.75, 3.05) is 25.5 Å². The zero-order chi connectivity index (χ0) is 16.3. The van der Waals surface area contributed by atoms with Gasteiger partial charge in [0.15, 0.2) is 9.84 Å². The Balaban J connectivity index is 1.91. The van der Waals surface area contributed by atoms with Crippen LogP contribution in [0.15, 0.2) is 24.3 Å². The van der Waals surface area contributed by atoms with Gasteiger partial charge >= 0.3 is 6.03 Å². The Morgan fingerprint density at radius 2 is 1.91 bits per heavy atom. The van der Waals surface area contributed by atoms with E-state index in [9.17, 15) is 13.2 Å². The van der Waals surface area contributed by atoms with E-state index in [1.54, 1.807) is 50.1 Å². The predicted octanol–water partition coefficient (Wildman–Crippen LogP) is 1.87. The van der Waals surface area contributed by atoms with Gasteiger partial charge in [0, 0.05) is 12.8 Å². The molecule has 1 aliphatic rings. The average Bonchev–Trinajstić information content (AvgIpc) is 2.39. The van der Waals surface area contributed by atoms with E-state index < -0.39 is 15.1 Å². The molecule has 0 saturated carbocycles. The lowest BCUT2D eigenvalue weighted by atomic mass is 10.2. The van der Waals surface area contributed by atoms with Crippen LogP contribution < -0.4 is 5.32 Å². The number of nitrogens with zero attached hydrogens (tertiary/aromatic N) is 1. The first-order valence-electron chi connectivity index (χ1n) is 7.21. The highest BCUT2D eigenvalue weighted by molar-refractivity contribution is 7.91. The van der Waals surface area contributed by atoms with Crippen LogP contribution in [0.5, 0.6) is 0 Å². The number of urea groups is 1. The Labute approximate surface area is 131 Å². The average molecular weight is 326 g/mol. The number of hydrogen-bond donors (Lipinski definition) is 1. The number of likely N-dealkylation sites (tertiary alicyclic amines) is 1. The van der Waals surface area contributed by atoms with Crippen LogP contribution in [0.4, 0.5) is 10.5 Å². The number of rotatable bonds is 5. The molecule has 1 N–H and O–H groups in total. The highest BCUT2D eigenvalue weighted by Gasteiger charge is 2.30. The van der Waals surface area contributed by atoms with E-state index in [2.05, 4.69) is 5.32 Å². The molecule has 0 atom stereocenters. The monoisotopic (exact) mass is 326 g/mol. The molecule has 0 aliphatic carbocycles. The minimum atomic E-state index is -3.11. The fourth-order valence-electron chi connectivity index (χ4n) is 2.04. The van der Waals surface area contributed by atoms with Crippen molar-refractivity contribution in [1.29, 1.82) is 0 Å². The van der Waals surface area contributed by atoms with Crippen LogP contribution in [0.25, 0.3) is 0 Å². The van der Waals surface area contributed by atoms with Crippen LogP contribution in [0.3, 0.4) is 0 Å². The maximum absolute atomic E-state index is 11.9. The minimum Gasteiger partial charge on any atom is -0.378 e. The van der Waals surface area contributed by atoms with Crippen LogP contribution in [-0.4, -0.2) is 50.9 Å². The lowest BCUT2D eigenvalue weighted by molar-refractivity contribution is -0.00465. The Morgan fingerprint density at radius 1 is 1.32 bits per heavy atom. The zero-order valence-corrected chi connectivity index (χ0v) is 13.9. The first-order chi connectivity index (χ1) is 10.3. The number of sulfone groups is 1. The maximum atomic E-state index is 11.9. The highest BCUT2D eigenvalue weighted by atomic mass is 32.2. The molecule has 0 bridgehead atoms. The van der Waals surface area contributed by atoms with Crippen molar-refractivity contribution in [2.24, 2.45) is 0 Å². The van der Waals surface area contributed by atoms with Crippen LogP contribution in [-0.2, 0) is 20.3 Å². The van der Waals surface area contributed by atoms with Gasteiger partial charge in [-0.25, -0.2) is 13.2 Å². The van der Waals surface area contributed by atoms with E-state index in [1.807, 2.05) is 0 Å². The van der Waals surface area contributed by atoms with Crippen LogP contribution >= 0.6 is 0 Å². The maximum Gasteiger partial charge on any atom is 0.322 e. The molecule has 0 unspecified atom stereocenters. The molecular formula is C15H22N2O4S. The number of carbonyl (C=O) groups excluding carboxylic acids is 1. The number of amides is 2. The van der Waals surface area contributed by atoms with Crippen molar-refractivity contribution in [2.45, 2.75) is 31.0 Å². The van der Waals surface area contributed by atoms with Gasteiger partial charge in [-0.05, 0) is 31.5 Å². The molecule has 0 radical (unpaired) electrons. The van der Waals surface area contributed by atoms with Gasteiger partial charge in [0.05, 0.1) is 30.2 Å². The molecule has 1 heterocycles. The Kier molecular flexibility index (Phi) is 5.08. The summed E-state index contributed by atoms with van der Waals surface area (Å²) in [7, 11) is -1.49. The number of nitrogens with one attached hydrogen (secondary N) is 1. The molecular weight excluding hydrogens is 304 g/mol. The second-order valence-electron chi connectivity index (χ2n) is 5.75. The predicted molar refractivity (Wildman–Crippen MR) is 85.6 cm³/mol. The molecule has 22 heavy (non-hydrogen) atoms. The second kappa shape index (κ2) is 6.66. The Morgan fingerprint density at radius 3 is 2.41 bits per heavy atom. The van der Waals surface area contributed by atoms with E-state index in [0.29, 0.717) is 18.8 Å². The molecule has 1 fully saturated rings. The van der Waals surface area contributed by atoms with Gasteiger partial charge in [0.2, 0.25) is 0 Å². The zero-order valence-electron chi connectivity index (χ0n) is 13.1. The van der Waals surface area contributed by atoms with Crippen molar-refractivity contribution < 1.29 is 17.9 Å². The van der Waals surface area contributed by atoms with Crippen molar-refractivity contribution in [3.05, 3.63) is 29.8 Å². The number of benzene rings is 1. The van der Waals surface area contributed by atoms with Crippen molar-refractivity contribution in [3.63, 3.8) is 0 Å². The van der Waals surface area contributed by atoms with Gasteiger partial charge in [0.25, 0.3) is 0 Å². The fraction of sp³-hybridized carbons (Fsp3) is 0.533. The van der Waals surface area contributed by atoms with Crippen LogP contribution in [0.2, 0.25) is 0 Å². The van der Waals surface area contributed by atoms with Crippen molar-refractivity contribution >= 4 is 21.6 Å². The SMILES string of the molecule is COC1CN(C(=O)Nc2ccc(CS(=O)(=O)C(C)C)cc2)C1. The summed E-state index contributed by atoms with van der Waals surface area (Å²) in [5.41, 5.74) is 1.37. The summed E-state index contributed by atoms with van der Waals surface area (Å²) in [5.74, 6) is 0.0144. The quantitative estimate of drug-likeness (QED) is 0.896. The number of hydrogen-bond acceptors (Lipinski definition) is 4. The smallest absolute Gasteiger partial charge is 0.322 e. The molecule has 0 aromatic heterocycles. The summed E-state index contributed by atoms with van der Waals surface area (Å²) in [5, 5.41) is 2.39. The second-order valence-corrected chi connectivity index (χ2v) is 8.30. The lowest BCUT2D eigenvalue weighted by Gasteiger charge is -2.37. The molecule has 1 aromatic carbocycles. The minimum absolute atomic E-state index is 0.0144. The number of anilines is 1. The van der Waals surface area contributed by atoms with E-state index in [-0.39, 0.29) is 17.9 Å². The topological polar surface area (TPSA) is 75.7 Å². The standard InChI is InChI=1S/C15H22N2O4S/c1-11(2)22(19,20)10-12-4-6-13(7-5-12)16-15(18)17-8-14(9-17)21-3/h4-7,11,14H,8-10H2,1-3H3,(H,16,18). The number of methoxy groups -OCH3 is 1. The molecule has 2 amide bonds. The molecule has 1 saturated heterocycles.